The molecule has 0 saturated carbocycles. The van der Waals surface area contributed by atoms with Crippen molar-refractivity contribution in [1.29, 1.82) is 0 Å². The Morgan fingerprint density at radius 3 is 2.93 bits per heavy atom. The van der Waals surface area contributed by atoms with Gasteiger partial charge in [0.25, 0.3) is 0 Å². The molecule has 1 N–H and O–H groups in total. The van der Waals surface area contributed by atoms with Gasteiger partial charge in [0.15, 0.2) is 0 Å². The Kier molecular flexibility index (Phi) is 6.98. The summed E-state index contributed by atoms with van der Waals surface area (Å²) in [4.78, 5) is 2.55. The molecule has 3 heteroatoms. The molecule has 90 valence electrons. The summed E-state index contributed by atoms with van der Waals surface area (Å²) < 4.78 is 5.43. The minimum absolute atomic E-state index is 0.720. The van der Waals surface area contributed by atoms with Crippen LogP contribution >= 0.6 is 0 Å². The van der Waals surface area contributed by atoms with E-state index in [4.69, 9.17) is 4.74 Å². The second kappa shape index (κ2) is 8.08. The molecule has 15 heavy (non-hydrogen) atoms. The highest BCUT2D eigenvalue weighted by atomic mass is 16.5. The number of nitrogens with zero attached hydrogens (tertiary/aromatic N) is 1. The number of ether oxygens (including phenoxy) is 1. The maximum atomic E-state index is 5.43. The van der Waals surface area contributed by atoms with Crippen LogP contribution in [0.25, 0.3) is 0 Å². The van der Waals surface area contributed by atoms with Gasteiger partial charge in [0.1, 0.15) is 0 Å². The van der Waals surface area contributed by atoms with E-state index in [0.29, 0.717) is 0 Å². The lowest BCUT2D eigenvalue weighted by Gasteiger charge is -2.29. The Hall–Kier alpha value is -0.120. The van der Waals surface area contributed by atoms with Crippen molar-refractivity contribution in [3.63, 3.8) is 0 Å². The molecule has 0 aromatic heterocycles. The number of hydrogen-bond donors (Lipinski definition) is 1. The number of nitrogens with one attached hydrogen (secondary N) is 1. The van der Waals surface area contributed by atoms with Crippen molar-refractivity contribution in [2.45, 2.75) is 39.2 Å². The van der Waals surface area contributed by atoms with Crippen molar-refractivity contribution in [2.24, 2.45) is 0 Å². The standard InChI is InChI=1S/C12H26N2O/c1-3-14(9-10-15-4-2)12-7-5-6-8-13-11-12/h12-13H,3-11H2,1-2H3. The first-order chi connectivity index (χ1) is 7.38. The van der Waals surface area contributed by atoms with E-state index >= 15 is 0 Å². The third-order valence-corrected chi connectivity index (χ3v) is 3.17. The maximum absolute atomic E-state index is 5.43. The Bertz CT molecular complexity index is 145. The van der Waals surface area contributed by atoms with Gasteiger partial charge in [-0.15, -0.1) is 0 Å². The summed E-state index contributed by atoms with van der Waals surface area (Å²) in [6, 6.07) is 0.720. The molecule has 1 saturated heterocycles. The van der Waals surface area contributed by atoms with Gasteiger partial charge in [-0.25, -0.2) is 0 Å². The molecule has 1 unspecified atom stereocenters. The van der Waals surface area contributed by atoms with Crippen LogP contribution in [-0.2, 0) is 4.74 Å². The zero-order valence-electron chi connectivity index (χ0n) is 10.3. The first-order valence-corrected chi connectivity index (χ1v) is 6.41. The Morgan fingerprint density at radius 1 is 1.33 bits per heavy atom. The lowest BCUT2D eigenvalue weighted by atomic mass is 10.1. The summed E-state index contributed by atoms with van der Waals surface area (Å²) in [6.45, 7) is 10.6. The van der Waals surface area contributed by atoms with Crippen LogP contribution in [-0.4, -0.2) is 50.3 Å². The summed E-state index contributed by atoms with van der Waals surface area (Å²) >= 11 is 0. The molecular formula is C12H26N2O. The minimum atomic E-state index is 0.720. The lowest BCUT2D eigenvalue weighted by molar-refractivity contribution is 0.0950. The third-order valence-electron chi connectivity index (χ3n) is 3.17. The van der Waals surface area contributed by atoms with Crippen LogP contribution in [0.5, 0.6) is 0 Å². The Morgan fingerprint density at radius 2 is 2.20 bits per heavy atom. The fraction of sp³-hybridized carbons (Fsp3) is 1.00. The predicted molar refractivity (Wildman–Crippen MR) is 64.2 cm³/mol. The summed E-state index contributed by atoms with van der Waals surface area (Å²) in [5, 5.41) is 3.52. The fourth-order valence-corrected chi connectivity index (χ4v) is 2.24. The summed E-state index contributed by atoms with van der Waals surface area (Å²) in [7, 11) is 0. The van der Waals surface area contributed by atoms with Crippen molar-refractivity contribution in [3.05, 3.63) is 0 Å². The predicted octanol–water partition coefficient (Wildman–Crippen LogP) is 1.49. The topological polar surface area (TPSA) is 24.5 Å². The van der Waals surface area contributed by atoms with Gasteiger partial charge in [-0.2, -0.15) is 0 Å². The quantitative estimate of drug-likeness (QED) is 0.678. The molecule has 0 aromatic carbocycles. The van der Waals surface area contributed by atoms with Gasteiger partial charge in [0.2, 0.25) is 0 Å². The number of likely N-dealkylation sites (N-methyl/N-ethyl adjacent to an activating group) is 1. The van der Waals surface area contributed by atoms with Crippen LogP contribution in [0, 0.1) is 0 Å². The lowest BCUT2D eigenvalue weighted by Crippen LogP contribution is -2.42. The molecule has 0 bridgehead atoms. The average Bonchev–Trinajstić information content (AvgIpc) is 2.53. The van der Waals surface area contributed by atoms with E-state index in [1.807, 2.05) is 0 Å². The van der Waals surface area contributed by atoms with Gasteiger partial charge in [-0.05, 0) is 32.9 Å². The smallest absolute Gasteiger partial charge is 0.0593 e. The summed E-state index contributed by atoms with van der Waals surface area (Å²) in [5.41, 5.74) is 0. The largest absolute Gasteiger partial charge is 0.380 e. The average molecular weight is 214 g/mol. The molecule has 1 aliphatic heterocycles. The maximum Gasteiger partial charge on any atom is 0.0593 e. The van der Waals surface area contributed by atoms with Crippen LogP contribution < -0.4 is 5.32 Å². The van der Waals surface area contributed by atoms with Crippen molar-refractivity contribution in [3.8, 4) is 0 Å². The van der Waals surface area contributed by atoms with Gasteiger partial charge in [0.05, 0.1) is 6.61 Å². The van der Waals surface area contributed by atoms with E-state index in [1.165, 1.54) is 25.8 Å². The van der Waals surface area contributed by atoms with Crippen LogP contribution in [0.1, 0.15) is 33.1 Å². The highest BCUT2D eigenvalue weighted by molar-refractivity contribution is 4.76. The van der Waals surface area contributed by atoms with Crippen LogP contribution in [0.15, 0.2) is 0 Å². The van der Waals surface area contributed by atoms with Gasteiger partial charge < -0.3 is 10.1 Å². The van der Waals surface area contributed by atoms with Gasteiger partial charge in [-0.1, -0.05) is 13.3 Å². The molecule has 0 spiro atoms. The Labute approximate surface area is 94.2 Å². The van der Waals surface area contributed by atoms with Crippen molar-refractivity contribution in [1.82, 2.24) is 10.2 Å². The van der Waals surface area contributed by atoms with Crippen molar-refractivity contribution in [2.75, 3.05) is 39.4 Å². The van der Waals surface area contributed by atoms with E-state index in [1.54, 1.807) is 0 Å². The van der Waals surface area contributed by atoms with E-state index in [0.717, 1.165) is 38.9 Å². The summed E-state index contributed by atoms with van der Waals surface area (Å²) in [5.74, 6) is 0. The summed E-state index contributed by atoms with van der Waals surface area (Å²) in [6.07, 6.45) is 4.04. The molecular weight excluding hydrogens is 188 g/mol. The fourth-order valence-electron chi connectivity index (χ4n) is 2.24. The number of hydrogen-bond acceptors (Lipinski definition) is 3. The van der Waals surface area contributed by atoms with Crippen molar-refractivity contribution < 1.29 is 4.74 Å². The molecule has 0 radical (unpaired) electrons. The molecule has 0 amide bonds. The third kappa shape index (κ3) is 4.96. The Balaban J connectivity index is 2.27. The van der Waals surface area contributed by atoms with Crippen LogP contribution in [0.3, 0.4) is 0 Å². The highest BCUT2D eigenvalue weighted by Gasteiger charge is 2.17. The second-order valence-corrected chi connectivity index (χ2v) is 4.18. The first kappa shape index (κ1) is 12.9. The highest BCUT2D eigenvalue weighted by Crippen LogP contribution is 2.10. The van der Waals surface area contributed by atoms with Crippen LogP contribution in [0.2, 0.25) is 0 Å². The van der Waals surface area contributed by atoms with Gasteiger partial charge >= 0.3 is 0 Å². The first-order valence-electron chi connectivity index (χ1n) is 6.41. The zero-order chi connectivity index (χ0) is 10.9. The normalized spacial score (nSPS) is 23.0. The molecule has 3 nitrogen and oxygen atoms in total. The molecule has 1 aliphatic rings. The minimum Gasteiger partial charge on any atom is -0.380 e. The molecule has 1 rings (SSSR count). The molecule has 1 heterocycles. The van der Waals surface area contributed by atoms with E-state index in [-0.39, 0.29) is 0 Å². The molecule has 1 fully saturated rings. The molecule has 1 atom stereocenters. The second-order valence-electron chi connectivity index (χ2n) is 4.18. The van der Waals surface area contributed by atoms with E-state index in [9.17, 15) is 0 Å². The molecule has 0 aromatic rings. The van der Waals surface area contributed by atoms with E-state index in [2.05, 4.69) is 24.1 Å². The SMILES string of the molecule is CCOCCN(CC)C1CCCCNC1. The van der Waals surface area contributed by atoms with Crippen LogP contribution in [0.4, 0.5) is 0 Å². The molecule has 0 aliphatic carbocycles. The van der Waals surface area contributed by atoms with Crippen molar-refractivity contribution >= 4 is 0 Å². The number of rotatable bonds is 6. The van der Waals surface area contributed by atoms with Gasteiger partial charge in [-0.3, -0.25) is 4.90 Å². The zero-order valence-corrected chi connectivity index (χ0v) is 10.3. The van der Waals surface area contributed by atoms with E-state index < -0.39 is 0 Å². The van der Waals surface area contributed by atoms with Gasteiger partial charge in [0, 0.05) is 25.7 Å². The monoisotopic (exact) mass is 214 g/mol.